The maximum absolute atomic E-state index is 14.9. The lowest BCUT2D eigenvalue weighted by atomic mass is 9.69. The fourth-order valence-electron chi connectivity index (χ4n) is 4.24. The largest absolute Gasteiger partial charge is 0.468 e. The van der Waals surface area contributed by atoms with Crippen molar-refractivity contribution in [1.29, 1.82) is 0 Å². The Labute approximate surface area is 175 Å². The van der Waals surface area contributed by atoms with Gasteiger partial charge in [0.15, 0.2) is 5.78 Å². The van der Waals surface area contributed by atoms with Crippen molar-refractivity contribution in [3.63, 3.8) is 0 Å². The van der Waals surface area contributed by atoms with Crippen LogP contribution in [0.1, 0.15) is 45.1 Å². The van der Waals surface area contributed by atoms with Gasteiger partial charge in [-0.1, -0.05) is 32.0 Å². The molecular weight excluding hydrogens is 389 g/mol. The minimum atomic E-state index is -1.00. The summed E-state index contributed by atoms with van der Waals surface area (Å²) in [6.07, 6.45) is 1.03. The number of allylic oxidation sites excluding steroid dienone is 3. The molecule has 0 saturated carbocycles. The number of methoxy groups -OCH3 is 1. The monoisotopic (exact) mass is 415 g/mol. The van der Waals surface area contributed by atoms with Crippen molar-refractivity contribution in [2.24, 2.45) is 11.8 Å². The van der Waals surface area contributed by atoms with E-state index in [2.05, 4.69) is 5.32 Å². The molecular formula is C23H26FNO5. The average Bonchev–Trinajstić information content (AvgIpc) is 2.71. The van der Waals surface area contributed by atoms with Gasteiger partial charge in [-0.25, -0.2) is 9.18 Å². The fourth-order valence-corrected chi connectivity index (χ4v) is 4.24. The number of Topliss-reactive ketones (excluding diaryl/α,β-unsaturated/α-hetero) is 1. The highest BCUT2D eigenvalue weighted by Crippen LogP contribution is 2.45. The van der Waals surface area contributed by atoms with Crippen LogP contribution in [0.3, 0.4) is 0 Å². The van der Waals surface area contributed by atoms with E-state index >= 15 is 0 Å². The van der Waals surface area contributed by atoms with Crippen molar-refractivity contribution in [2.75, 3.05) is 13.7 Å². The van der Waals surface area contributed by atoms with E-state index in [0.717, 1.165) is 0 Å². The van der Waals surface area contributed by atoms with Crippen molar-refractivity contribution in [2.45, 2.75) is 39.5 Å². The van der Waals surface area contributed by atoms with Gasteiger partial charge in [-0.2, -0.15) is 0 Å². The van der Waals surface area contributed by atoms with E-state index in [1.807, 2.05) is 6.92 Å². The molecule has 1 aromatic rings. The molecule has 1 N–H and O–H groups in total. The van der Waals surface area contributed by atoms with E-state index in [0.29, 0.717) is 24.2 Å². The third kappa shape index (κ3) is 3.76. The minimum Gasteiger partial charge on any atom is -0.468 e. The molecule has 1 aromatic carbocycles. The lowest BCUT2D eigenvalue weighted by Crippen LogP contribution is -2.43. The number of esters is 2. The van der Waals surface area contributed by atoms with Gasteiger partial charge in [-0.3, -0.25) is 9.59 Å². The second-order valence-electron chi connectivity index (χ2n) is 7.69. The Bertz CT molecular complexity index is 949. The summed E-state index contributed by atoms with van der Waals surface area (Å²) >= 11 is 0. The molecule has 2 aliphatic rings. The Morgan fingerprint density at radius 3 is 2.60 bits per heavy atom. The highest BCUT2D eigenvalue weighted by molar-refractivity contribution is 6.12. The molecule has 0 saturated heterocycles. The van der Waals surface area contributed by atoms with E-state index in [4.69, 9.17) is 9.47 Å². The van der Waals surface area contributed by atoms with Crippen LogP contribution in [0.2, 0.25) is 0 Å². The first-order valence-corrected chi connectivity index (χ1v) is 10.1. The number of ketones is 1. The number of carbonyl (C=O) groups excluding carboxylic acids is 3. The lowest BCUT2D eigenvalue weighted by Gasteiger charge is -2.38. The van der Waals surface area contributed by atoms with E-state index < -0.39 is 35.4 Å². The topological polar surface area (TPSA) is 81.7 Å². The van der Waals surface area contributed by atoms with Gasteiger partial charge in [-0.15, -0.1) is 0 Å². The van der Waals surface area contributed by atoms with Crippen LogP contribution >= 0.6 is 0 Å². The molecule has 0 spiro atoms. The summed E-state index contributed by atoms with van der Waals surface area (Å²) in [6.45, 7) is 5.59. The summed E-state index contributed by atoms with van der Waals surface area (Å²) in [5, 5.41) is 3.15. The molecule has 1 aliphatic heterocycles. The van der Waals surface area contributed by atoms with Gasteiger partial charge >= 0.3 is 11.9 Å². The quantitative estimate of drug-likeness (QED) is 0.586. The van der Waals surface area contributed by atoms with Crippen LogP contribution in [-0.2, 0) is 23.9 Å². The van der Waals surface area contributed by atoms with Crippen LogP contribution in [-0.4, -0.2) is 31.4 Å². The molecule has 0 amide bonds. The van der Waals surface area contributed by atoms with E-state index in [1.54, 1.807) is 32.0 Å². The summed E-state index contributed by atoms with van der Waals surface area (Å²) in [6, 6.07) is 6.03. The van der Waals surface area contributed by atoms with Crippen molar-refractivity contribution in [1.82, 2.24) is 5.32 Å². The molecule has 1 heterocycles. The predicted molar refractivity (Wildman–Crippen MR) is 108 cm³/mol. The molecule has 6 nitrogen and oxygen atoms in total. The normalized spacial score (nSPS) is 23.6. The first kappa shape index (κ1) is 21.7. The van der Waals surface area contributed by atoms with Crippen molar-refractivity contribution < 1.29 is 28.2 Å². The Morgan fingerprint density at radius 1 is 1.27 bits per heavy atom. The zero-order valence-corrected chi connectivity index (χ0v) is 17.6. The number of benzene rings is 1. The number of ether oxygens (including phenoxy) is 2. The summed E-state index contributed by atoms with van der Waals surface area (Å²) in [5.74, 6) is -4.49. The maximum atomic E-state index is 14.9. The summed E-state index contributed by atoms with van der Waals surface area (Å²) < 4.78 is 25.0. The first-order valence-electron chi connectivity index (χ1n) is 10.1. The first-order chi connectivity index (χ1) is 14.3. The van der Waals surface area contributed by atoms with Gasteiger partial charge in [0.05, 0.1) is 25.2 Å². The van der Waals surface area contributed by atoms with Crippen molar-refractivity contribution in [3.05, 3.63) is 58.2 Å². The Balaban J connectivity index is 2.18. The van der Waals surface area contributed by atoms with Gasteiger partial charge in [0.1, 0.15) is 11.7 Å². The molecule has 0 bridgehead atoms. The van der Waals surface area contributed by atoms with E-state index in [9.17, 15) is 18.8 Å². The zero-order chi connectivity index (χ0) is 22.0. The molecule has 160 valence electrons. The van der Waals surface area contributed by atoms with Gasteiger partial charge in [0, 0.05) is 22.5 Å². The van der Waals surface area contributed by atoms with Gasteiger partial charge in [-0.05, 0) is 31.7 Å². The third-order valence-electron chi connectivity index (χ3n) is 5.62. The number of rotatable bonds is 5. The van der Waals surface area contributed by atoms with Crippen LogP contribution < -0.4 is 5.32 Å². The molecule has 0 radical (unpaired) electrons. The zero-order valence-electron chi connectivity index (χ0n) is 17.6. The maximum Gasteiger partial charge on any atom is 0.336 e. The lowest BCUT2D eigenvalue weighted by molar-refractivity contribution is -0.151. The minimum absolute atomic E-state index is 0.179. The number of nitrogens with one attached hydrogen (secondary N) is 1. The van der Waals surface area contributed by atoms with Crippen LogP contribution in [0.25, 0.3) is 0 Å². The summed E-state index contributed by atoms with van der Waals surface area (Å²) in [4.78, 5) is 38.7. The molecule has 3 atom stereocenters. The SMILES string of the molecule is CCCOC(=O)C1=C(C)NC2=C(C(=O)[C@@H](C(=O)OC)[C@H](C)C2)[C@@H]1c1ccccc1F. The van der Waals surface area contributed by atoms with Crippen molar-refractivity contribution >= 4 is 17.7 Å². The van der Waals surface area contributed by atoms with Gasteiger partial charge in [0.25, 0.3) is 0 Å². The summed E-state index contributed by atoms with van der Waals surface area (Å²) in [7, 11) is 1.23. The molecule has 30 heavy (non-hydrogen) atoms. The van der Waals surface area contributed by atoms with Crippen LogP contribution in [0.4, 0.5) is 4.39 Å². The standard InChI is InChI=1S/C23H26FNO5/c1-5-10-30-23(28)18-13(3)25-16-11-12(2)17(22(27)29-4)21(26)20(16)19(18)14-8-6-7-9-15(14)24/h6-9,12,17,19,25H,5,10-11H2,1-4H3/t12-,17+,19-/m1/s1. The molecule has 0 fully saturated rings. The van der Waals surface area contributed by atoms with E-state index in [-0.39, 0.29) is 29.2 Å². The fraction of sp³-hybridized carbons (Fsp3) is 0.435. The number of hydrogen-bond donors (Lipinski definition) is 1. The van der Waals surface area contributed by atoms with E-state index in [1.165, 1.54) is 13.2 Å². The Hall–Kier alpha value is -2.96. The highest BCUT2D eigenvalue weighted by atomic mass is 19.1. The number of dihydropyridines is 1. The number of carbonyl (C=O) groups is 3. The van der Waals surface area contributed by atoms with Crippen LogP contribution in [0.15, 0.2) is 46.8 Å². The third-order valence-corrected chi connectivity index (χ3v) is 5.62. The molecule has 0 unspecified atom stereocenters. The molecule has 3 rings (SSSR count). The van der Waals surface area contributed by atoms with Crippen molar-refractivity contribution in [3.8, 4) is 0 Å². The number of halogens is 1. The van der Waals surface area contributed by atoms with Crippen LogP contribution in [0.5, 0.6) is 0 Å². The second-order valence-corrected chi connectivity index (χ2v) is 7.69. The van der Waals surface area contributed by atoms with Gasteiger partial charge in [0.2, 0.25) is 0 Å². The van der Waals surface area contributed by atoms with Gasteiger partial charge < -0.3 is 14.8 Å². The average molecular weight is 415 g/mol. The Morgan fingerprint density at radius 2 is 1.97 bits per heavy atom. The number of hydrogen-bond acceptors (Lipinski definition) is 6. The molecule has 1 aliphatic carbocycles. The summed E-state index contributed by atoms with van der Waals surface area (Å²) in [5.41, 5.74) is 1.72. The Kier molecular flexibility index (Phi) is 6.39. The second kappa shape index (κ2) is 8.81. The predicted octanol–water partition coefficient (Wildman–Crippen LogP) is 3.39. The molecule has 7 heteroatoms. The van der Waals surface area contributed by atoms with Crippen LogP contribution in [0, 0.1) is 17.7 Å². The highest BCUT2D eigenvalue weighted by Gasteiger charge is 2.47. The smallest absolute Gasteiger partial charge is 0.336 e. The molecule has 0 aromatic heterocycles.